The van der Waals surface area contributed by atoms with Gasteiger partial charge in [0.2, 0.25) is 0 Å². The molecule has 12 heavy (non-hydrogen) atoms. The Morgan fingerprint density at radius 3 is 3.08 bits per heavy atom. The van der Waals surface area contributed by atoms with Crippen molar-refractivity contribution in [2.24, 2.45) is 0 Å². The van der Waals surface area contributed by atoms with Crippen LogP contribution in [0.4, 0.5) is 0 Å². The largest absolute Gasteiger partial charge is 0.445 e. The number of rotatable bonds is 1. The van der Waals surface area contributed by atoms with E-state index >= 15 is 0 Å². The van der Waals surface area contributed by atoms with Crippen molar-refractivity contribution in [3.8, 4) is 0 Å². The van der Waals surface area contributed by atoms with Gasteiger partial charge in [-0.25, -0.2) is 9.97 Å². The molecule has 3 nitrogen and oxygen atoms in total. The topological polar surface area (TPSA) is 38.9 Å². The highest BCUT2D eigenvalue weighted by Crippen LogP contribution is 2.27. The van der Waals surface area contributed by atoms with Gasteiger partial charge >= 0.3 is 0 Å². The van der Waals surface area contributed by atoms with Crippen molar-refractivity contribution in [1.29, 1.82) is 0 Å². The van der Waals surface area contributed by atoms with Crippen molar-refractivity contribution in [1.82, 2.24) is 9.97 Å². The van der Waals surface area contributed by atoms with Crippen LogP contribution in [-0.2, 0) is 0 Å². The predicted octanol–water partition coefficient (Wildman–Crippen LogP) is 2.71. The fourth-order valence-electron chi connectivity index (χ4n) is 0.949. The minimum atomic E-state index is 0.688. The fourth-order valence-corrected chi connectivity index (χ4v) is 1.81. The third-order valence-electron chi connectivity index (χ3n) is 1.44. The summed E-state index contributed by atoms with van der Waals surface area (Å²) in [6.07, 6.45) is 3.49. The van der Waals surface area contributed by atoms with Crippen molar-refractivity contribution in [2.75, 3.05) is 6.26 Å². The number of aromatic nitrogens is 2. The zero-order valence-electron chi connectivity index (χ0n) is 6.24. The molecule has 0 atom stereocenters. The molecule has 0 spiro atoms. The van der Waals surface area contributed by atoms with E-state index < -0.39 is 0 Å². The van der Waals surface area contributed by atoms with Gasteiger partial charge in [-0.2, -0.15) is 0 Å². The molecule has 0 N–H and O–H groups in total. The molecule has 2 aromatic rings. The van der Waals surface area contributed by atoms with Crippen molar-refractivity contribution in [3.05, 3.63) is 17.1 Å². The van der Waals surface area contributed by atoms with Crippen LogP contribution >= 0.6 is 27.7 Å². The number of thioether (sulfide) groups is 1. The maximum absolute atomic E-state index is 5.36. The van der Waals surface area contributed by atoms with Gasteiger partial charge in [-0.05, 0) is 22.2 Å². The van der Waals surface area contributed by atoms with E-state index in [4.69, 9.17) is 4.42 Å². The standard InChI is InChI=1S/C7H5BrN2OS/c1-12-7-6-4(9-3-10-7)2-5(8)11-6/h2-3H,1H3. The Hall–Kier alpha value is -0.550. The zero-order chi connectivity index (χ0) is 8.55. The highest BCUT2D eigenvalue weighted by atomic mass is 79.9. The summed E-state index contributed by atoms with van der Waals surface area (Å²) in [6.45, 7) is 0. The van der Waals surface area contributed by atoms with Crippen molar-refractivity contribution >= 4 is 38.8 Å². The monoisotopic (exact) mass is 244 g/mol. The third-order valence-corrected chi connectivity index (χ3v) is 2.51. The lowest BCUT2D eigenvalue weighted by molar-refractivity contribution is 0.576. The Kier molecular flexibility index (Phi) is 2.06. The van der Waals surface area contributed by atoms with Gasteiger partial charge in [0.05, 0.1) is 0 Å². The Balaban J connectivity index is 2.78. The van der Waals surface area contributed by atoms with E-state index in [1.54, 1.807) is 11.8 Å². The molecule has 0 aromatic carbocycles. The van der Waals surface area contributed by atoms with Crippen LogP contribution in [0.25, 0.3) is 11.1 Å². The van der Waals surface area contributed by atoms with Crippen molar-refractivity contribution < 1.29 is 4.42 Å². The number of halogens is 1. The summed E-state index contributed by atoms with van der Waals surface area (Å²) in [6, 6.07) is 1.83. The molecule has 2 heterocycles. The van der Waals surface area contributed by atoms with Crippen LogP contribution in [0.15, 0.2) is 26.5 Å². The van der Waals surface area contributed by atoms with Gasteiger partial charge in [-0.15, -0.1) is 11.8 Å². The first-order chi connectivity index (χ1) is 5.81. The first-order valence-corrected chi connectivity index (χ1v) is 5.27. The number of nitrogens with zero attached hydrogens (tertiary/aromatic N) is 2. The first-order valence-electron chi connectivity index (χ1n) is 3.25. The summed E-state index contributed by atoms with van der Waals surface area (Å²) in [5.74, 6) is 0. The predicted molar refractivity (Wildman–Crippen MR) is 51.3 cm³/mol. The number of furan rings is 1. The molecule has 5 heteroatoms. The summed E-state index contributed by atoms with van der Waals surface area (Å²) in [5.41, 5.74) is 1.58. The highest BCUT2D eigenvalue weighted by Gasteiger charge is 2.07. The second-order valence-electron chi connectivity index (χ2n) is 2.15. The molecule has 0 aliphatic rings. The number of fused-ring (bicyclic) bond motifs is 1. The molecule has 0 fully saturated rings. The van der Waals surface area contributed by atoms with E-state index in [0.29, 0.717) is 4.67 Å². The average Bonchev–Trinajstić information content (AvgIpc) is 2.44. The van der Waals surface area contributed by atoms with Crippen LogP contribution in [0.2, 0.25) is 0 Å². The lowest BCUT2D eigenvalue weighted by Crippen LogP contribution is -1.81. The molecular weight excluding hydrogens is 240 g/mol. The average molecular weight is 245 g/mol. The molecule has 2 aromatic heterocycles. The Morgan fingerprint density at radius 1 is 1.50 bits per heavy atom. The molecular formula is C7H5BrN2OS. The van der Waals surface area contributed by atoms with Gasteiger partial charge in [-0.1, -0.05) is 0 Å². The molecule has 0 unspecified atom stereocenters. The molecule has 0 aliphatic heterocycles. The van der Waals surface area contributed by atoms with Crippen molar-refractivity contribution in [2.45, 2.75) is 5.03 Å². The number of hydrogen-bond donors (Lipinski definition) is 0. The smallest absolute Gasteiger partial charge is 0.186 e. The van der Waals surface area contributed by atoms with E-state index in [1.165, 1.54) is 6.33 Å². The second kappa shape index (κ2) is 3.06. The lowest BCUT2D eigenvalue weighted by Gasteiger charge is -1.92. The summed E-state index contributed by atoms with van der Waals surface area (Å²) in [4.78, 5) is 8.14. The normalized spacial score (nSPS) is 10.8. The van der Waals surface area contributed by atoms with Crippen LogP contribution < -0.4 is 0 Å². The summed E-state index contributed by atoms with van der Waals surface area (Å²) < 4.78 is 6.05. The van der Waals surface area contributed by atoms with Gasteiger partial charge in [0.25, 0.3) is 0 Å². The quantitative estimate of drug-likeness (QED) is 0.572. The molecule has 2 rings (SSSR count). The maximum atomic E-state index is 5.36. The Bertz CT molecular complexity index is 415. The second-order valence-corrected chi connectivity index (χ2v) is 3.72. The van der Waals surface area contributed by atoms with Crippen molar-refractivity contribution in [3.63, 3.8) is 0 Å². The molecule has 0 aliphatic carbocycles. The van der Waals surface area contributed by atoms with Gasteiger partial charge in [-0.3, -0.25) is 0 Å². The SMILES string of the molecule is CSc1ncnc2cc(Br)oc12. The van der Waals surface area contributed by atoms with E-state index in [2.05, 4.69) is 25.9 Å². The molecule has 62 valence electrons. The van der Waals surface area contributed by atoms with E-state index in [1.807, 2.05) is 12.3 Å². The van der Waals surface area contributed by atoms with Gasteiger partial charge in [0, 0.05) is 6.07 Å². The van der Waals surface area contributed by atoms with Crippen LogP contribution in [0, 0.1) is 0 Å². The minimum absolute atomic E-state index is 0.688. The molecule has 0 bridgehead atoms. The van der Waals surface area contributed by atoms with Crippen LogP contribution in [0.5, 0.6) is 0 Å². The fraction of sp³-hybridized carbons (Fsp3) is 0.143. The molecule has 0 saturated heterocycles. The minimum Gasteiger partial charge on any atom is -0.445 e. The molecule has 0 amide bonds. The first kappa shape index (κ1) is 8.07. The van der Waals surface area contributed by atoms with Gasteiger partial charge < -0.3 is 4.42 Å². The van der Waals surface area contributed by atoms with E-state index in [0.717, 1.165) is 16.1 Å². The Morgan fingerprint density at radius 2 is 2.33 bits per heavy atom. The van der Waals surface area contributed by atoms with Crippen LogP contribution in [-0.4, -0.2) is 16.2 Å². The van der Waals surface area contributed by atoms with E-state index in [-0.39, 0.29) is 0 Å². The third kappa shape index (κ3) is 1.23. The summed E-state index contributed by atoms with van der Waals surface area (Å²) in [7, 11) is 0. The van der Waals surface area contributed by atoms with Gasteiger partial charge in [0.1, 0.15) is 16.9 Å². The maximum Gasteiger partial charge on any atom is 0.186 e. The van der Waals surface area contributed by atoms with Crippen LogP contribution in [0.1, 0.15) is 0 Å². The molecule has 0 saturated carbocycles. The summed E-state index contributed by atoms with van der Waals surface area (Å²) in [5, 5.41) is 0.866. The number of hydrogen-bond acceptors (Lipinski definition) is 4. The highest BCUT2D eigenvalue weighted by molar-refractivity contribution is 9.10. The molecule has 0 radical (unpaired) electrons. The summed E-state index contributed by atoms with van der Waals surface area (Å²) >= 11 is 4.79. The lowest BCUT2D eigenvalue weighted by atomic mass is 10.5. The van der Waals surface area contributed by atoms with Gasteiger partial charge in [0.15, 0.2) is 10.3 Å². The van der Waals surface area contributed by atoms with E-state index in [9.17, 15) is 0 Å². The Labute approximate surface area is 81.7 Å². The zero-order valence-corrected chi connectivity index (χ0v) is 8.65. The van der Waals surface area contributed by atoms with Crippen LogP contribution in [0.3, 0.4) is 0 Å².